The molecule has 114 valence electrons. The van der Waals surface area contributed by atoms with E-state index < -0.39 is 0 Å². The SMILES string of the molecule is CCOc1ccc(C=NNC(=O)c2ccc(Cl)cc2)c(O)c1. The number of hydrogen-bond acceptors (Lipinski definition) is 4. The number of carbonyl (C=O) groups is 1. The van der Waals surface area contributed by atoms with Gasteiger partial charge in [0.2, 0.25) is 0 Å². The van der Waals surface area contributed by atoms with Crippen molar-refractivity contribution in [3.8, 4) is 11.5 Å². The molecule has 6 heteroatoms. The average molecular weight is 319 g/mol. The molecule has 0 bridgehead atoms. The van der Waals surface area contributed by atoms with Crippen LogP contribution in [0.5, 0.6) is 11.5 Å². The zero-order valence-electron chi connectivity index (χ0n) is 11.9. The standard InChI is InChI=1S/C16H15ClN2O3/c1-2-22-14-8-5-12(15(20)9-14)10-18-19-16(21)11-3-6-13(17)7-4-11/h3-10,20H,2H2,1H3,(H,19,21). The monoisotopic (exact) mass is 318 g/mol. The minimum Gasteiger partial charge on any atom is -0.507 e. The molecule has 0 fully saturated rings. The molecule has 0 aliphatic carbocycles. The van der Waals surface area contributed by atoms with Gasteiger partial charge in [-0.1, -0.05) is 11.6 Å². The molecular weight excluding hydrogens is 304 g/mol. The number of halogens is 1. The van der Waals surface area contributed by atoms with Crippen molar-refractivity contribution in [1.82, 2.24) is 5.43 Å². The molecule has 0 radical (unpaired) electrons. The zero-order valence-corrected chi connectivity index (χ0v) is 12.7. The predicted octanol–water partition coefficient (Wildman–Crippen LogP) is 3.21. The molecule has 0 aromatic heterocycles. The van der Waals surface area contributed by atoms with Gasteiger partial charge in [0.15, 0.2) is 0 Å². The number of ether oxygens (including phenoxy) is 1. The Kier molecular flexibility index (Phi) is 5.38. The van der Waals surface area contributed by atoms with Crippen molar-refractivity contribution in [3.05, 3.63) is 58.6 Å². The van der Waals surface area contributed by atoms with E-state index in [0.717, 1.165) is 0 Å². The molecule has 5 nitrogen and oxygen atoms in total. The van der Waals surface area contributed by atoms with E-state index in [2.05, 4.69) is 10.5 Å². The van der Waals surface area contributed by atoms with Crippen LogP contribution >= 0.6 is 11.6 Å². The summed E-state index contributed by atoms with van der Waals surface area (Å²) >= 11 is 5.75. The van der Waals surface area contributed by atoms with E-state index in [1.54, 1.807) is 36.4 Å². The fourth-order valence-corrected chi connectivity index (χ4v) is 1.84. The summed E-state index contributed by atoms with van der Waals surface area (Å²) in [7, 11) is 0. The lowest BCUT2D eigenvalue weighted by molar-refractivity contribution is 0.0955. The van der Waals surface area contributed by atoms with Crippen LogP contribution in [0.1, 0.15) is 22.8 Å². The predicted molar refractivity (Wildman–Crippen MR) is 85.8 cm³/mol. The van der Waals surface area contributed by atoms with Crippen molar-refractivity contribution < 1.29 is 14.6 Å². The molecule has 0 aliphatic heterocycles. The Morgan fingerprint density at radius 3 is 2.68 bits per heavy atom. The van der Waals surface area contributed by atoms with Crippen molar-refractivity contribution in [2.24, 2.45) is 5.10 Å². The van der Waals surface area contributed by atoms with Crippen molar-refractivity contribution in [2.75, 3.05) is 6.61 Å². The molecule has 1 amide bonds. The summed E-state index contributed by atoms with van der Waals surface area (Å²) in [4.78, 5) is 11.8. The third kappa shape index (κ3) is 4.23. The van der Waals surface area contributed by atoms with Crippen LogP contribution in [0.4, 0.5) is 0 Å². The minimum atomic E-state index is -0.363. The molecule has 0 saturated carbocycles. The first-order chi connectivity index (χ1) is 10.6. The van der Waals surface area contributed by atoms with Gasteiger partial charge in [-0.05, 0) is 43.3 Å². The largest absolute Gasteiger partial charge is 0.507 e. The summed E-state index contributed by atoms with van der Waals surface area (Å²) in [5, 5.41) is 14.2. The van der Waals surface area contributed by atoms with Gasteiger partial charge in [0.1, 0.15) is 11.5 Å². The van der Waals surface area contributed by atoms with Gasteiger partial charge in [-0.2, -0.15) is 5.10 Å². The molecule has 0 saturated heterocycles. The molecular formula is C16H15ClN2O3. The van der Waals surface area contributed by atoms with E-state index in [1.807, 2.05) is 6.92 Å². The maximum atomic E-state index is 11.8. The quantitative estimate of drug-likeness (QED) is 0.657. The Morgan fingerprint density at radius 2 is 2.05 bits per heavy atom. The first kappa shape index (κ1) is 15.9. The van der Waals surface area contributed by atoms with Gasteiger partial charge in [0.05, 0.1) is 12.8 Å². The first-order valence-electron chi connectivity index (χ1n) is 6.65. The fourth-order valence-electron chi connectivity index (χ4n) is 1.72. The third-order valence-electron chi connectivity index (χ3n) is 2.79. The van der Waals surface area contributed by atoms with Crippen LogP contribution in [0, 0.1) is 0 Å². The van der Waals surface area contributed by atoms with Crippen molar-refractivity contribution in [1.29, 1.82) is 0 Å². The molecule has 22 heavy (non-hydrogen) atoms. The number of benzene rings is 2. The summed E-state index contributed by atoms with van der Waals surface area (Å²) in [6, 6.07) is 11.3. The summed E-state index contributed by atoms with van der Waals surface area (Å²) in [5.74, 6) is 0.233. The van der Waals surface area contributed by atoms with Crippen LogP contribution < -0.4 is 10.2 Å². The van der Waals surface area contributed by atoms with E-state index in [1.165, 1.54) is 12.3 Å². The topological polar surface area (TPSA) is 70.9 Å². The van der Waals surface area contributed by atoms with E-state index in [9.17, 15) is 9.90 Å². The summed E-state index contributed by atoms with van der Waals surface area (Å²) in [6.45, 7) is 2.38. The molecule has 0 aliphatic rings. The second-order valence-electron chi connectivity index (χ2n) is 4.36. The highest BCUT2D eigenvalue weighted by molar-refractivity contribution is 6.30. The molecule has 0 unspecified atom stereocenters. The van der Waals surface area contributed by atoms with E-state index in [-0.39, 0.29) is 11.7 Å². The van der Waals surface area contributed by atoms with E-state index >= 15 is 0 Å². The number of hydrogen-bond donors (Lipinski definition) is 2. The number of rotatable bonds is 5. The fraction of sp³-hybridized carbons (Fsp3) is 0.125. The zero-order chi connectivity index (χ0) is 15.9. The van der Waals surface area contributed by atoms with Gasteiger partial charge < -0.3 is 9.84 Å². The maximum Gasteiger partial charge on any atom is 0.271 e. The number of hydrazone groups is 1. The lowest BCUT2D eigenvalue weighted by Crippen LogP contribution is -2.17. The smallest absolute Gasteiger partial charge is 0.271 e. The van der Waals surface area contributed by atoms with Gasteiger partial charge in [0, 0.05) is 22.2 Å². The Balaban J connectivity index is 2.00. The molecule has 2 aromatic rings. The normalized spacial score (nSPS) is 10.6. The van der Waals surface area contributed by atoms with Gasteiger partial charge in [-0.15, -0.1) is 0 Å². The number of amides is 1. The highest BCUT2D eigenvalue weighted by atomic mass is 35.5. The summed E-state index contributed by atoms with van der Waals surface area (Å²) < 4.78 is 5.27. The van der Waals surface area contributed by atoms with Crippen LogP contribution in [-0.2, 0) is 0 Å². The van der Waals surface area contributed by atoms with Gasteiger partial charge in [-0.25, -0.2) is 5.43 Å². The maximum absolute atomic E-state index is 11.8. The van der Waals surface area contributed by atoms with Crippen LogP contribution in [0.2, 0.25) is 5.02 Å². The summed E-state index contributed by atoms with van der Waals surface area (Å²) in [6.07, 6.45) is 1.36. The number of nitrogens with one attached hydrogen (secondary N) is 1. The van der Waals surface area contributed by atoms with Gasteiger partial charge >= 0.3 is 0 Å². The highest BCUT2D eigenvalue weighted by Crippen LogP contribution is 2.22. The second kappa shape index (κ2) is 7.47. The van der Waals surface area contributed by atoms with Crippen molar-refractivity contribution in [2.45, 2.75) is 6.92 Å². The van der Waals surface area contributed by atoms with Crippen LogP contribution in [0.25, 0.3) is 0 Å². The highest BCUT2D eigenvalue weighted by Gasteiger charge is 2.04. The van der Waals surface area contributed by atoms with Crippen molar-refractivity contribution >= 4 is 23.7 Å². The molecule has 2 N–H and O–H groups in total. The van der Waals surface area contributed by atoms with Gasteiger partial charge in [-0.3, -0.25) is 4.79 Å². The number of nitrogens with zero attached hydrogens (tertiary/aromatic N) is 1. The molecule has 0 spiro atoms. The number of phenols is 1. The summed E-state index contributed by atoms with van der Waals surface area (Å²) in [5.41, 5.74) is 3.29. The van der Waals surface area contributed by atoms with E-state index in [4.69, 9.17) is 16.3 Å². The third-order valence-corrected chi connectivity index (χ3v) is 3.04. The molecule has 2 aromatic carbocycles. The average Bonchev–Trinajstić information content (AvgIpc) is 2.50. The molecule has 0 heterocycles. The lowest BCUT2D eigenvalue weighted by Gasteiger charge is -2.05. The van der Waals surface area contributed by atoms with Crippen LogP contribution in [0.3, 0.4) is 0 Å². The Morgan fingerprint density at radius 1 is 1.32 bits per heavy atom. The Labute approximate surface area is 133 Å². The first-order valence-corrected chi connectivity index (χ1v) is 7.02. The molecule has 2 rings (SSSR count). The number of carbonyl (C=O) groups excluding carboxylic acids is 1. The number of phenolic OH excluding ortho intramolecular Hbond substituents is 1. The van der Waals surface area contributed by atoms with Gasteiger partial charge in [0.25, 0.3) is 5.91 Å². The molecule has 0 atom stereocenters. The lowest BCUT2D eigenvalue weighted by atomic mass is 10.2. The number of aromatic hydroxyl groups is 1. The van der Waals surface area contributed by atoms with E-state index in [0.29, 0.717) is 28.5 Å². The van der Waals surface area contributed by atoms with Crippen molar-refractivity contribution in [3.63, 3.8) is 0 Å². The second-order valence-corrected chi connectivity index (χ2v) is 4.80. The Bertz CT molecular complexity index is 684. The van der Waals surface area contributed by atoms with Crippen LogP contribution in [0.15, 0.2) is 47.6 Å². The minimum absolute atomic E-state index is 0.0236. The van der Waals surface area contributed by atoms with Crippen LogP contribution in [-0.4, -0.2) is 23.8 Å². The Hall–Kier alpha value is -2.53.